The number of hydrogen-bond donors (Lipinski definition) is 2. The Balaban J connectivity index is 1.94. The Morgan fingerprint density at radius 1 is 1.32 bits per heavy atom. The molecule has 0 bridgehead atoms. The summed E-state index contributed by atoms with van der Waals surface area (Å²) < 4.78 is 39.3. The number of hydrogen-bond acceptors (Lipinski definition) is 7. The van der Waals surface area contributed by atoms with E-state index in [0.717, 1.165) is 29.2 Å². The molecule has 1 heterocycles. The van der Waals surface area contributed by atoms with E-state index < -0.39 is 11.7 Å². The summed E-state index contributed by atoms with van der Waals surface area (Å²) >= 11 is 2.16. The zero-order valence-electron chi connectivity index (χ0n) is 12.6. The van der Waals surface area contributed by atoms with Crippen LogP contribution < -0.4 is 10.6 Å². The van der Waals surface area contributed by atoms with Crippen molar-refractivity contribution >= 4 is 39.8 Å². The molecule has 1 aromatic heterocycles. The van der Waals surface area contributed by atoms with Gasteiger partial charge in [0.15, 0.2) is 4.34 Å². The summed E-state index contributed by atoms with van der Waals surface area (Å²) in [6.07, 6.45) is -4.25. The number of halogens is 3. The van der Waals surface area contributed by atoms with E-state index in [4.69, 9.17) is 5.26 Å². The minimum Gasteiger partial charge on any atom is -0.354 e. The van der Waals surface area contributed by atoms with Crippen LogP contribution in [0.5, 0.6) is 0 Å². The number of benzene rings is 1. The molecule has 0 unspecified atom stereocenters. The topological polar surface area (TPSA) is 90.7 Å². The van der Waals surface area contributed by atoms with Crippen LogP contribution in [0.1, 0.15) is 12.0 Å². The zero-order chi connectivity index (χ0) is 18.3. The van der Waals surface area contributed by atoms with Crippen molar-refractivity contribution < 1.29 is 18.0 Å². The number of anilines is 2. The molecule has 11 heteroatoms. The fourth-order valence-electron chi connectivity index (χ4n) is 1.71. The minimum atomic E-state index is -4.48. The van der Waals surface area contributed by atoms with Gasteiger partial charge in [-0.1, -0.05) is 35.2 Å². The Labute approximate surface area is 149 Å². The molecule has 0 saturated carbocycles. The van der Waals surface area contributed by atoms with Crippen molar-refractivity contribution in [2.75, 3.05) is 17.6 Å². The first kappa shape index (κ1) is 19.0. The number of nitrogens with one attached hydrogen (secondary N) is 2. The van der Waals surface area contributed by atoms with E-state index in [1.807, 2.05) is 6.07 Å². The molecule has 25 heavy (non-hydrogen) atoms. The van der Waals surface area contributed by atoms with Gasteiger partial charge in [0.1, 0.15) is 0 Å². The summed E-state index contributed by atoms with van der Waals surface area (Å²) in [6, 6.07) is 6.98. The van der Waals surface area contributed by atoms with E-state index >= 15 is 0 Å². The van der Waals surface area contributed by atoms with E-state index in [9.17, 15) is 18.0 Å². The first-order valence-corrected chi connectivity index (χ1v) is 8.73. The molecule has 2 N–H and O–H groups in total. The van der Waals surface area contributed by atoms with Crippen molar-refractivity contribution in [1.82, 2.24) is 15.5 Å². The van der Waals surface area contributed by atoms with E-state index in [-0.39, 0.29) is 35.4 Å². The summed E-state index contributed by atoms with van der Waals surface area (Å²) in [5, 5.41) is 21.4. The summed E-state index contributed by atoms with van der Waals surface area (Å²) in [5.41, 5.74) is -0.909. The Hall–Kier alpha value is -2.32. The van der Waals surface area contributed by atoms with Gasteiger partial charge >= 0.3 is 6.18 Å². The highest BCUT2D eigenvalue weighted by atomic mass is 32.2. The second kappa shape index (κ2) is 8.68. The van der Waals surface area contributed by atoms with Crippen LogP contribution in [0.4, 0.5) is 24.0 Å². The molecule has 132 valence electrons. The van der Waals surface area contributed by atoms with Gasteiger partial charge in [-0.2, -0.15) is 18.4 Å². The highest BCUT2D eigenvalue weighted by molar-refractivity contribution is 8.01. The number of aromatic nitrogens is 2. The molecule has 2 rings (SSSR count). The molecule has 0 saturated heterocycles. The third-order valence-corrected chi connectivity index (χ3v) is 4.74. The van der Waals surface area contributed by atoms with E-state index in [0.29, 0.717) is 4.34 Å². The Bertz CT molecular complexity index is 772. The Morgan fingerprint density at radius 3 is 2.80 bits per heavy atom. The molecule has 1 aromatic carbocycles. The number of carbonyl (C=O) groups is 1. The number of para-hydroxylation sites is 1. The van der Waals surface area contributed by atoms with E-state index in [2.05, 4.69) is 20.8 Å². The Morgan fingerprint density at radius 2 is 2.08 bits per heavy atom. The molecule has 0 fully saturated rings. The van der Waals surface area contributed by atoms with Gasteiger partial charge in [0.2, 0.25) is 11.0 Å². The minimum absolute atomic E-state index is 0.0825. The van der Waals surface area contributed by atoms with Crippen LogP contribution >= 0.6 is 23.1 Å². The van der Waals surface area contributed by atoms with Crippen LogP contribution in [0.25, 0.3) is 0 Å². The van der Waals surface area contributed by atoms with Crippen LogP contribution in [0.2, 0.25) is 0 Å². The lowest BCUT2D eigenvalue weighted by Gasteiger charge is -2.12. The van der Waals surface area contributed by atoms with Crippen LogP contribution in [-0.4, -0.2) is 28.4 Å². The average molecular weight is 387 g/mol. The highest BCUT2D eigenvalue weighted by Crippen LogP contribution is 2.36. The number of alkyl halides is 3. The van der Waals surface area contributed by atoms with Gasteiger partial charge in [-0.05, 0) is 12.1 Å². The number of rotatable bonds is 7. The van der Waals surface area contributed by atoms with Crippen molar-refractivity contribution in [1.29, 1.82) is 5.26 Å². The fraction of sp³-hybridized carbons (Fsp3) is 0.286. The maximum atomic E-state index is 13.0. The third kappa shape index (κ3) is 5.91. The van der Waals surface area contributed by atoms with Crippen molar-refractivity contribution in [3.63, 3.8) is 0 Å². The van der Waals surface area contributed by atoms with Gasteiger partial charge < -0.3 is 10.6 Å². The van der Waals surface area contributed by atoms with Crippen molar-refractivity contribution in [2.45, 2.75) is 16.9 Å². The van der Waals surface area contributed by atoms with Crippen LogP contribution in [-0.2, 0) is 11.0 Å². The zero-order valence-corrected chi connectivity index (χ0v) is 14.3. The molecule has 0 atom stereocenters. The molecule has 1 amide bonds. The summed E-state index contributed by atoms with van der Waals surface area (Å²) in [5.74, 6) is -0.175. The van der Waals surface area contributed by atoms with Gasteiger partial charge in [0.25, 0.3) is 0 Å². The average Bonchev–Trinajstić information content (AvgIpc) is 3.00. The van der Waals surface area contributed by atoms with Gasteiger partial charge in [0, 0.05) is 6.54 Å². The molecule has 0 aliphatic rings. The summed E-state index contributed by atoms with van der Waals surface area (Å²) in [6.45, 7) is 0.271. The molecule has 0 radical (unpaired) electrons. The quantitative estimate of drug-likeness (QED) is 0.559. The Kier molecular flexibility index (Phi) is 6.60. The second-order valence-electron chi connectivity index (χ2n) is 4.59. The first-order chi connectivity index (χ1) is 11.9. The smallest absolute Gasteiger partial charge is 0.354 e. The molecule has 0 aliphatic carbocycles. The van der Waals surface area contributed by atoms with Crippen molar-refractivity contribution in [3.05, 3.63) is 29.8 Å². The number of amides is 1. The van der Waals surface area contributed by atoms with Gasteiger partial charge in [-0.25, -0.2) is 0 Å². The fourth-order valence-corrected chi connectivity index (χ4v) is 3.30. The highest BCUT2D eigenvalue weighted by Gasteiger charge is 2.33. The van der Waals surface area contributed by atoms with Crippen molar-refractivity contribution in [3.8, 4) is 6.07 Å². The van der Waals surface area contributed by atoms with E-state index in [1.165, 1.54) is 18.2 Å². The predicted molar refractivity (Wildman–Crippen MR) is 88.6 cm³/mol. The standard InChI is InChI=1S/C14H12F3N5OS2/c15-14(16,17)9-4-1-2-5-10(9)20-12-21-22-13(25-12)24-8-11(23)19-7-3-6-18/h1-2,4-5H,3,7-8H2,(H,19,23)(H,20,21). The molecular weight excluding hydrogens is 375 g/mol. The van der Waals surface area contributed by atoms with Crippen LogP contribution in [0, 0.1) is 11.3 Å². The van der Waals surface area contributed by atoms with Gasteiger partial charge in [-0.3, -0.25) is 4.79 Å². The largest absolute Gasteiger partial charge is 0.418 e. The maximum Gasteiger partial charge on any atom is 0.418 e. The molecule has 0 aliphatic heterocycles. The SMILES string of the molecule is N#CCCNC(=O)CSc1nnc(Nc2ccccc2C(F)(F)F)s1. The summed E-state index contributed by atoms with van der Waals surface area (Å²) in [7, 11) is 0. The van der Waals surface area contributed by atoms with Crippen LogP contribution in [0.15, 0.2) is 28.6 Å². The maximum absolute atomic E-state index is 13.0. The molecular formula is C14H12F3N5OS2. The van der Waals surface area contributed by atoms with E-state index in [1.54, 1.807) is 0 Å². The number of thioether (sulfide) groups is 1. The lowest BCUT2D eigenvalue weighted by Crippen LogP contribution is -2.25. The number of nitrogens with zero attached hydrogens (tertiary/aromatic N) is 3. The van der Waals surface area contributed by atoms with Gasteiger partial charge in [-0.15, -0.1) is 10.2 Å². The predicted octanol–water partition coefficient (Wildman–Crippen LogP) is 3.42. The lowest BCUT2D eigenvalue weighted by atomic mass is 10.2. The number of nitriles is 1. The monoisotopic (exact) mass is 387 g/mol. The van der Waals surface area contributed by atoms with Crippen molar-refractivity contribution in [2.24, 2.45) is 0 Å². The summed E-state index contributed by atoms with van der Waals surface area (Å²) in [4.78, 5) is 11.5. The first-order valence-electron chi connectivity index (χ1n) is 6.93. The second-order valence-corrected chi connectivity index (χ2v) is 6.79. The van der Waals surface area contributed by atoms with Crippen LogP contribution in [0.3, 0.4) is 0 Å². The number of carbonyl (C=O) groups excluding carboxylic acids is 1. The lowest BCUT2D eigenvalue weighted by molar-refractivity contribution is -0.137. The third-order valence-electron chi connectivity index (χ3n) is 2.77. The molecule has 2 aromatic rings. The molecule has 0 spiro atoms. The molecule has 6 nitrogen and oxygen atoms in total. The van der Waals surface area contributed by atoms with Gasteiger partial charge in [0.05, 0.1) is 29.5 Å². The normalized spacial score (nSPS) is 11.0.